The van der Waals surface area contributed by atoms with Crippen LogP contribution in [0, 0.1) is 13.8 Å². The molecule has 0 heterocycles. The Balaban J connectivity index is 2.05. The van der Waals surface area contributed by atoms with Crippen LogP contribution in [0.3, 0.4) is 0 Å². The fourth-order valence-corrected chi connectivity index (χ4v) is 5.65. The van der Waals surface area contributed by atoms with Crippen molar-refractivity contribution >= 4 is 27.5 Å². The smallest absolute Gasteiger partial charge is 0.264 e. The van der Waals surface area contributed by atoms with Gasteiger partial charge in [-0.1, -0.05) is 42.5 Å². The third kappa shape index (κ3) is 7.17. The number of rotatable bonds is 11. The predicted octanol–water partition coefficient (Wildman–Crippen LogP) is 4.45. The van der Waals surface area contributed by atoms with Crippen LogP contribution in [0.1, 0.15) is 37.5 Å². The zero-order chi connectivity index (χ0) is 28.7. The summed E-state index contributed by atoms with van der Waals surface area (Å²) in [6.45, 7) is 8.69. The molecular weight excluding hydrogens is 514 g/mol. The van der Waals surface area contributed by atoms with E-state index in [-0.39, 0.29) is 23.4 Å². The van der Waals surface area contributed by atoms with Gasteiger partial charge in [-0.05, 0) is 81.6 Å². The molecule has 0 aliphatic heterocycles. The van der Waals surface area contributed by atoms with Crippen molar-refractivity contribution in [1.29, 1.82) is 0 Å². The van der Waals surface area contributed by atoms with E-state index in [1.165, 1.54) is 17.0 Å². The zero-order valence-corrected chi connectivity index (χ0v) is 24.2. The summed E-state index contributed by atoms with van der Waals surface area (Å²) in [5.41, 5.74) is 2.83. The molecule has 1 unspecified atom stereocenters. The largest absolute Gasteiger partial charge is 0.497 e. The van der Waals surface area contributed by atoms with Gasteiger partial charge in [0.05, 0.1) is 17.7 Å². The van der Waals surface area contributed by atoms with Gasteiger partial charge in [0.25, 0.3) is 10.0 Å². The highest BCUT2D eigenvalue weighted by Gasteiger charge is 2.33. The Kier molecular flexibility index (Phi) is 9.75. The molecule has 39 heavy (non-hydrogen) atoms. The number of nitrogens with zero attached hydrogens (tertiary/aromatic N) is 2. The molecule has 0 aliphatic rings. The second-order valence-electron chi connectivity index (χ2n) is 9.75. The Labute approximate surface area is 231 Å². The number of anilines is 1. The average molecular weight is 552 g/mol. The van der Waals surface area contributed by atoms with Crippen LogP contribution in [0.25, 0.3) is 0 Å². The van der Waals surface area contributed by atoms with Crippen molar-refractivity contribution in [2.45, 2.75) is 58.1 Å². The molecule has 0 saturated heterocycles. The third-order valence-corrected chi connectivity index (χ3v) is 8.34. The van der Waals surface area contributed by atoms with Crippen LogP contribution in [0.5, 0.6) is 5.75 Å². The zero-order valence-electron chi connectivity index (χ0n) is 23.3. The summed E-state index contributed by atoms with van der Waals surface area (Å²) in [6, 6.07) is 19.6. The molecule has 0 fully saturated rings. The van der Waals surface area contributed by atoms with E-state index in [0.29, 0.717) is 11.4 Å². The lowest BCUT2D eigenvalue weighted by atomic mass is 10.1. The molecule has 9 heteroatoms. The van der Waals surface area contributed by atoms with Gasteiger partial charge < -0.3 is 15.0 Å². The van der Waals surface area contributed by atoms with Gasteiger partial charge in [0.1, 0.15) is 18.3 Å². The van der Waals surface area contributed by atoms with Crippen molar-refractivity contribution in [2.24, 2.45) is 0 Å². The van der Waals surface area contributed by atoms with E-state index in [2.05, 4.69) is 5.32 Å². The van der Waals surface area contributed by atoms with Crippen molar-refractivity contribution < 1.29 is 22.7 Å². The van der Waals surface area contributed by atoms with E-state index < -0.39 is 28.5 Å². The Bertz CT molecular complexity index is 1390. The first-order valence-electron chi connectivity index (χ1n) is 12.8. The first-order chi connectivity index (χ1) is 18.4. The molecular formula is C30H37N3O5S. The van der Waals surface area contributed by atoms with Crippen molar-refractivity contribution in [2.75, 3.05) is 18.0 Å². The molecule has 0 saturated carbocycles. The predicted molar refractivity (Wildman–Crippen MR) is 153 cm³/mol. The van der Waals surface area contributed by atoms with Crippen LogP contribution in [-0.4, -0.2) is 50.9 Å². The molecule has 1 N–H and O–H groups in total. The summed E-state index contributed by atoms with van der Waals surface area (Å²) >= 11 is 0. The highest BCUT2D eigenvalue weighted by molar-refractivity contribution is 7.92. The lowest BCUT2D eigenvalue weighted by Crippen LogP contribution is -2.52. The summed E-state index contributed by atoms with van der Waals surface area (Å²) in [5.74, 6) is -0.161. The molecule has 0 aliphatic carbocycles. The van der Waals surface area contributed by atoms with Gasteiger partial charge in [0.15, 0.2) is 0 Å². The molecule has 3 aromatic carbocycles. The summed E-state index contributed by atoms with van der Waals surface area (Å²) in [7, 11) is -2.53. The van der Waals surface area contributed by atoms with Crippen molar-refractivity contribution in [3.63, 3.8) is 0 Å². The minimum absolute atomic E-state index is 0.0750. The van der Waals surface area contributed by atoms with Crippen LogP contribution in [0.4, 0.5) is 5.69 Å². The van der Waals surface area contributed by atoms with Gasteiger partial charge in [-0.2, -0.15) is 0 Å². The Hall–Kier alpha value is -3.85. The molecule has 8 nitrogen and oxygen atoms in total. The fourth-order valence-electron chi connectivity index (χ4n) is 4.15. The van der Waals surface area contributed by atoms with E-state index in [0.717, 1.165) is 21.0 Å². The van der Waals surface area contributed by atoms with E-state index in [1.54, 1.807) is 56.5 Å². The van der Waals surface area contributed by atoms with Gasteiger partial charge >= 0.3 is 0 Å². The van der Waals surface area contributed by atoms with Gasteiger partial charge in [-0.3, -0.25) is 13.9 Å². The number of methoxy groups -OCH3 is 1. The molecule has 1 atom stereocenters. The van der Waals surface area contributed by atoms with Crippen LogP contribution in [-0.2, 0) is 26.2 Å². The van der Waals surface area contributed by atoms with Gasteiger partial charge in [-0.25, -0.2) is 8.42 Å². The molecule has 0 bridgehead atoms. The summed E-state index contributed by atoms with van der Waals surface area (Å²) in [4.78, 5) is 28.5. The normalized spacial score (nSPS) is 12.1. The molecule has 3 aromatic rings. The quantitative estimate of drug-likeness (QED) is 0.380. The Morgan fingerprint density at radius 1 is 0.897 bits per heavy atom. The maximum absolute atomic E-state index is 14.0. The fraction of sp³-hybridized carbons (Fsp3) is 0.333. The number of benzene rings is 3. The van der Waals surface area contributed by atoms with Gasteiger partial charge in [-0.15, -0.1) is 0 Å². The average Bonchev–Trinajstić information content (AvgIpc) is 2.92. The number of carbonyl (C=O) groups is 2. The Morgan fingerprint density at radius 3 is 2.13 bits per heavy atom. The third-order valence-electron chi connectivity index (χ3n) is 6.57. The number of hydrogen-bond acceptors (Lipinski definition) is 5. The second-order valence-corrected chi connectivity index (χ2v) is 11.6. The summed E-state index contributed by atoms with van der Waals surface area (Å²) in [5, 5.41) is 2.85. The SMILES string of the molecule is COc1ccc(CN(C(=O)CN(c2cccc(C)c2C)S(=O)(=O)c2ccccc2)C(C)C(=O)NC(C)C)cc1. The lowest BCUT2D eigenvalue weighted by Gasteiger charge is -2.33. The maximum atomic E-state index is 14.0. The summed E-state index contributed by atoms with van der Waals surface area (Å²) in [6.07, 6.45) is 0. The standard InChI is InChI=1S/C30H37N3O5S/c1-21(2)31-30(35)24(5)32(19-25-15-17-26(38-6)18-16-25)29(34)20-33(28-14-10-11-22(3)23(28)4)39(36,37)27-12-8-7-9-13-27/h7-18,21,24H,19-20H2,1-6H3,(H,31,35). The van der Waals surface area contributed by atoms with Crippen LogP contribution in [0.2, 0.25) is 0 Å². The number of aryl methyl sites for hydroxylation is 1. The minimum Gasteiger partial charge on any atom is -0.497 e. The van der Waals surface area contributed by atoms with Crippen molar-refractivity contribution in [3.05, 3.63) is 89.5 Å². The number of hydrogen-bond donors (Lipinski definition) is 1. The monoisotopic (exact) mass is 551 g/mol. The number of sulfonamides is 1. The van der Waals surface area contributed by atoms with Gasteiger partial charge in [0.2, 0.25) is 11.8 Å². The molecule has 0 spiro atoms. The van der Waals surface area contributed by atoms with Crippen LogP contribution in [0.15, 0.2) is 77.7 Å². The molecule has 208 valence electrons. The summed E-state index contributed by atoms with van der Waals surface area (Å²) < 4.78 is 34.2. The lowest BCUT2D eigenvalue weighted by molar-refractivity contribution is -0.139. The van der Waals surface area contributed by atoms with Crippen LogP contribution >= 0.6 is 0 Å². The first-order valence-corrected chi connectivity index (χ1v) is 14.3. The van der Waals surface area contributed by atoms with E-state index in [9.17, 15) is 18.0 Å². The molecule has 0 radical (unpaired) electrons. The highest BCUT2D eigenvalue weighted by atomic mass is 32.2. The molecule has 2 amide bonds. The number of carbonyl (C=O) groups excluding carboxylic acids is 2. The number of ether oxygens (including phenoxy) is 1. The second kappa shape index (κ2) is 12.8. The molecule has 0 aromatic heterocycles. The Morgan fingerprint density at radius 2 is 1.54 bits per heavy atom. The van der Waals surface area contributed by atoms with E-state index in [1.807, 2.05) is 45.9 Å². The molecule has 3 rings (SSSR count). The maximum Gasteiger partial charge on any atom is 0.264 e. The van der Waals surface area contributed by atoms with E-state index in [4.69, 9.17) is 4.74 Å². The number of nitrogens with one attached hydrogen (secondary N) is 1. The van der Waals surface area contributed by atoms with Crippen LogP contribution < -0.4 is 14.4 Å². The highest BCUT2D eigenvalue weighted by Crippen LogP contribution is 2.29. The number of amides is 2. The van der Waals surface area contributed by atoms with Crippen molar-refractivity contribution in [1.82, 2.24) is 10.2 Å². The van der Waals surface area contributed by atoms with Gasteiger partial charge in [0, 0.05) is 12.6 Å². The van der Waals surface area contributed by atoms with E-state index >= 15 is 0 Å². The first kappa shape index (κ1) is 29.7. The van der Waals surface area contributed by atoms with Crippen molar-refractivity contribution in [3.8, 4) is 5.75 Å². The minimum atomic E-state index is -4.10. The topological polar surface area (TPSA) is 96.0 Å².